The fraction of sp³-hybridized carbons (Fsp3) is 0.188. The Morgan fingerprint density at radius 2 is 1.70 bits per heavy atom. The highest BCUT2D eigenvalue weighted by Crippen LogP contribution is 2.24. The van der Waals surface area contributed by atoms with E-state index in [1.165, 1.54) is 24.3 Å². The summed E-state index contributed by atoms with van der Waals surface area (Å²) in [4.78, 5) is 11.6. The van der Waals surface area contributed by atoms with E-state index >= 15 is 0 Å². The van der Waals surface area contributed by atoms with Crippen LogP contribution in [-0.4, -0.2) is 14.3 Å². The summed E-state index contributed by atoms with van der Waals surface area (Å²) in [6.45, 7) is 3.56. The average Bonchev–Trinajstić information content (AvgIpc) is 2.50. The first-order valence-electron chi connectivity index (χ1n) is 6.89. The second kappa shape index (κ2) is 7.31. The molecule has 0 heterocycles. The van der Waals surface area contributed by atoms with Crippen LogP contribution in [0.4, 0.5) is 5.69 Å². The summed E-state index contributed by atoms with van der Waals surface area (Å²) in [7, 11) is -3.91. The monoisotopic (exact) mass is 445 g/mol. The molecule has 0 unspecified atom stereocenters. The standard InChI is InChI=1S/C16H16INO4S/c1-11(2)16(19)18-12-7-9-13(10-8-12)23(20,21)22-15-6-4-3-5-14(15)17/h3-11H,1-2H3,(H,18,19). The number of nitrogens with one attached hydrogen (secondary N) is 1. The van der Waals surface area contributed by atoms with Crippen molar-refractivity contribution in [2.75, 3.05) is 5.32 Å². The van der Waals surface area contributed by atoms with Crippen molar-refractivity contribution in [2.24, 2.45) is 5.92 Å². The van der Waals surface area contributed by atoms with E-state index < -0.39 is 10.1 Å². The quantitative estimate of drug-likeness (QED) is 0.564. The molecule has 0 aliphatic heterocycles. The van der Waals surface area contributed by atoms with Crippen LogP contribution in [0.3, 0.4) is 0 Å². The van der Waals surface area contributed by atoms with E-state index in [1.807, 2.05) is 22.6 Å². The van der Waals surface area contributed by atoms with Crippen molar-refractivity contribution in [1.82, 2.24) is 0 Å². The van der Waals surface area contributed by atoms with Crippen LogP contribution in [0.5, 0.6) is 5.75 Å². The van der Waals surface area contributed by atoms with E-state index in [0.717, 1.165) is 0 Å². The van der Waals surface area contributed by atoms with Crippen LogP contribution in [0.25, 0.3) is 0 Å². The Labute approximate surface area is 149 Å². The number of anilines is 1. The van der Waals surface area contributed by atoms with Crippen LogP contribution in [0.15, 0.2) is 53.4 Å². The largest absolute Gasteiger partial charge is 0.378 e. The molecule has 7 heteroatoms. The van der Waals surface area contributed by atoms with E-state index in [0.29, 0.717) is 9.26 Å². The molecule has 0 aliphatic rings. The van der Waals surface area contributed by atoms with Gasteiger partial charge in [-0.05, 0) is 59.0 Å². The Hall–Kier alpha value is -1.61. The minimum Gasteiger partial charge on any atom is -0.378 e. The molecular weight excluding hydrogens is 429 g/mol. The highest BCUT2D eigenvalue weighted by molar-refractivity contribution is 14.1. The van der Waals surface area contributed by atoms with Gasteiger partial charge in [-0.15, -0.1) is 0 Å². The first-order valence-corrected chi connectivity index (χ1v) is 9.38. The zero-order valence-electron chi connectivity index (χ0n) is 12.6. The van der Waals surface area contributed by atoms with Crippen LogP contribution in [0.2, 0.25) is 0 Å². The summed E-state index contributed by atoms with van der Waals surface area (Å²) < 4.78 is 30.4. The Morgan fingerprint density at radius 3 is 2.26 bits per heavy atom. The minimum atomic E-state index is -3.91. The van der Waals surface area contributed by atoms with Crippen LogP contribution in [-0.2, 0) is 14.9 Å². The van der Waals surface area contributed by atoms with Gasteiger partial charge in [0.05, 0.1) is 3.57 Å². The Bertz CT molecular complexity index is 801. The summed E-state index contributed by atoms with van der Waals surface area (Å²) in [6, 6.07) is 12.7. The number of hydrogen-bond acceptors (Lipinski definition) is 4. The number of hydrogen-bond donors (Lipinski definition) is 1. The Balaban J connectivity index is 2.18. The molecule has 0 atom stereocenters. The van der Waals surface area contributed by atoms with E-state index in [2.05, 4.69) is 5.32 Å². The molecule has 0 saturated heterocycles. The van der Waals surface area contributed by atoms with Gasteiger partial charge >= 0.3 is 10.1 Å². The Morgan fingerprint density at radius 1 is 1.09 bits per heavy atom. The van der Waals surface area contributed by atoms with Crippen LogP contribution in [0.1, 0.15) is 13.8 Å². The third kappa shape index (κ3) is 4.68. The van der Waals surface area contributed by atoms with Gasteiger partial charge in [-0.3, -0.25) is 4.79 Å². The first kappa shape index (κ1) is 17.7. The van der Waals surface area contributed by atoms with Gasteiger partial charge in [-0.25, -0.2) is 0 Å². The SMILES string of the molecule is CC(C)C(=O)Nc1ccc(S(=O)(=O)Oc2ccccc2I)cc1. The lowest BCUT2D eigenvalue weighted by Crippen LogP contribution is -2.17. The van der Waals surface area contributed by atoms with Crippen molar-refractivity contribution in [1.29, 1.82) is 0 Å². The maximum absolute atomic E-state index is 12.3. The highest BCUT2D eigenvalue weighted by atomic mass is 127. The van der Waals surface area contributed by atoms with Gasteiger partial charge in [-0.2, -0.15) is 8.42 Å². The number of rotatable bonds is 5. The van der Waals surface area contributed by atoms with Crippen molar-refractivity contribution in [3.05, 3.63) is 52.1 Å². The molecule has 23 heavy (non-hydrogen) atoms. The molecule has 1 amide bonds. The van der Waals surface area contributed by atoms with Gasteiger partial charge < -0.3 is 9.50 Å². The molecule has 0 aromatic heterocycles. The third-order valence-corrected chi connectivity index (χ3v) is 5.11. The summed E-state index contributed by atoms with van der Waals surface area (Å²) in [5.74, 6) is 0.00267. The predicted molar refractivity (Wildman–Crippen MR) is 96.9 cm³/mol. The van der Waals surface area contributed by atoms with Gasteiger partial charge in [0, 0.05) is 11.6 Å². The molecule has 2 rings (SSSR count). The highest BCUT2D eigenvalue weighted by Gasteiger charge is 2.18. The number of halogens is 1. The number of carbonyl (C=O) groups is 1. The zero-order valence-corrected chi connectivity index (χ0v) is 15.6. The molecule has 122 valence electrons. The van der Waals surface area contributed by atoms with Crippen molar-refractivity contribution in [3.63, 3.8) is 0 Å². The number of benzene rings is 2. The molecule has 0 aliphatic carbocycles. The summed E-state index contributed by atoms with van der Waals surface area (Å²) in [5, 5.41) is 2.70. The number of para-hydroxylation sites is 1. The second-order valence-electron chi connectivity index (χ2n) is 5.14. The van der Waals surface area contributed by atoms with E-state index in [9.17, 15) is 13.2 Å². The van der Waals surface area contributed by atoms with E-state index in [1.54, 1.807) is 38.1 Å². The topological polar surface area (TPSA) is 72.5 Å². The van der Waals surface area contributed by atoms with Crippen molar-refractivity contribution < 1.29 is 17.4 Å². The molecule has 0 spiro atoms. The lowest BCUT2D eigenvalue weighted by atomic mass is 10.2. The Kier molecular flexibility index (Phi) is 5.64. The minimum absolute atomic E-state index is 0.0275. The summed E-state index contributed by atoms with van der Waals surface area (Å²) in [6.07, 6.45) is 0. The third-order valence-electron chi connectivity index (χ3n) is 2.97. The molecule has 0 radical (unpaired) electrons. The van der Waals surface area contributed by atoms with Gasteiger partial charge in [-0.1, -0.05) is 26.0 Å². The molecule has 0 fully saturated rings. The molecule has 0 bridgehead atoms. The van der Waals surface area contributed by atoms with Gasteiger partial charge in [0.25, 0.3) is 0 Å². The molecule has 1 N–H and O–H groups in total. The maximum Gasteiger partial charge on any atom is 0.339 e. The lowest BCUT2D eigenvalue weighted by Gasteiger charge is -2.10. The van der Waals surface area contributed by atoms with Crippen molar-refractivity contribution in [3.8, 4) is 5.75 Å². The van der Waals surface area contributed by atoms with Crippen LogP contribution in [0, 0.1) is 9.49 Å². The summed E-state index contributed by atoms with van der Waals surface area (Å²) >= 11 is 2.01. The zero-order chi connectivity index (χ0) is 17.0. The van der Waals surface area contributed by atoms with E-state index in [-0.39, 0.29) is 22.5 Å². The van der Waals surface area contributed by atoms with Crippen molar-refractivity contribution >= 4 is 44.3 Å². The van der Waals surface area contributed by atoms with Gasteiger partial charge in [0.2, 0.25) is 5.91 Å². The van der Waals surface area contributed by atoms with Crippen LogP contribution < -0.4 is 9.50 Å². The normalized spacial score (nSPS) is 11.3. The fourth-order valence-corrected chi connectivity index (χ4v) is 3.26. The molecule has 2 aromatic carbocycles. The molecule has 2 aromatic rings. The summed E-state index contributed by atoms with van der Waals surface area (Å²) in [5.41, 5.74) is 0.539. The smallest absolute Gasteiger partial charge is 0.339 e. The van der Waals surface area contributed by atoms with Gasteiger partial charge in [0.15, 0.2) is 5.75 Å². The second-order valence-corrected chi connectivity index (χ2v) is 7.84. The fourth-order valence-electron chi connectivity index (χ4n) is 1.67. The van der Waals surface area contributed by atoms with Gasteiger partial charge in [0.1, 0.15) is 4.90 Å². The number of carbonyl (C=O) groups excluding carboxylic acids is 1. The predicted octanol–water partition coefficient (Wildman–Crippen LogP) is 3.65. The van der Waals surface area contributed by atoms with E-state index in [4.69, 9.17) is 4.18 Å². The maximum atomic E-state index is 12.3. The lowest BCUT2D eigenvalue weighted by molar-refractivity contribution is -0.118. The molecular formula is C16H16INO4S. The van der Waals surface area contributed by atoms with Crippen LogP contribution >= 0.6 is 22.6 Å². The molecule has 0 saturated carbocycles. The average molecular weight is 445 g/mol. The number of amides is 1. The van der Waals surface area contributed by atoms with Crippen molar-refractivity contribution in [2.45, 2.75) is 18.7 Å². The first-order chi connectivity index (χ1) is 10.8. The molecule has 5 nitrogen and oxygen atoms in total.